The molecule has 0 aromatic heterocycles. The van der Waals surface area contributed by atoms with Crippen molar-refractivity contribution in [2.24, 2.45) is 0 Å². The Morgan fingerprint density at radius 2 is 1.95 bits per heavy atom. The van der Waals surface area contributed by atoms with Crippen molar-refractivity contribution in [3.8, 4) is 0 Å². The Balaban J connectivity index is 2.47. The van der Waals surface area contributed by atoms with Gasteiger partial charge in [-0.2, -0.15) is 13.2 Å². The average Bonchev–Trinajstić information content (AvgIpc) is 2.28. The van der Waals surface area contributed by atoms with Gasteiger partial charge in [-0.15, -0.1) is 0 Å². The first kappa shape index (κ1) is 15.7. The van der Waals surface area contributed by atoms with Crippen LogP contribution in [-0.4, -0.2) is 30.8 Å². The van der Waals surface area contributed by atoms with Crippen molar-refractivity contribution in [3.05, 3.63) is 29.6 Å². The lowest BCUT2D eigenvalue weighted by molar-refractivity contribution is -0.137. The summed E-state index contributed by atoms with van der Waals surface area (Å²) in [5, 5.41) is 14.5. The van der Waals surface area contributed by atoms with Crippen LogP contribution in [0.1, 0.15) is 12.5 Å². The van der Waals surface area contributed by atoms with Crippen LogP contribution in [0.5, 0.6) is 0 Å². The minimum absolute atomic E-state index is 0.0202. The summed E-state index contributed by atoms with van der Waals surface area (Å²) in [6.07, 6.45) is -5.03. The molecule has 0 heterocycles. The maximum absolute atomic E-state index is 13.4. The number of rotatable bonds is 6. The molecule has 0 amide bonds. The molecule has 0 aliphatic carbocycles. The van der Waals surface area contributed by atoms with Crippen molar-refractivity contribution in [2.45, 2.75) is 19.2 Å². The summed E-state index contributed by atoms with van der Waals surface area (Å²) < 4.78 is 50.3. The highest BCUT2D eigenvalue weighted by Gasteiger charge is 2.31. The average molecular weight is 280 g/mol. The van der Waals surface area contributed by atoms with Crippen molar-refractivity contribution >= 4 is 5.69 Å². The van der Waals surface area contributed by atoms with E-state index in [1.54, 1.807) is 6.92 Å². The van der Waals surface area contributed by atoms with E-state index < -0.39 is 23.7 Å². The monoisotopic (exact) mass is 280 g/mol. The molecule has 1 aromatic rings. The van der Waals surface area contributed by atoms with Gasteiger partial charge in [0.1, 0.15) is 5.82 Å². The van der Waals surface area contributed by atoms with Gasteiger partial charge in [0, 0.05) is 19.6 Å². The van der Waals surface area contributed by atoms with Gasteiger partial charge in [-0.3, -0.25) is 0 Å². The minimum atomic E-state index is -4.54. The Labute approximate surface area is 108 Å². The van der Waals surface area contributed by atoms with Crippen LogP contribution in [0, 0.1) is 5.82 Å². The van der Waals surface area contributed by atoms with E-state index in [0.29, 0.717) is 25.7 Å². The first-order valence-electron chi connectivity index (χ1n) is 5.80. The fourth-order valence-corrected chi connectivity index (χ4v) is 1.43. The summed E-state index contributed by atoms with van der Waals surface area (Å²) >= 11 is 0. The van der Waals surface area contributed by atoms with Gasteiger partial charge < -0.3 is 15.7 Å². The molecular formula is C12H16F4N2O. The molecule has 1 aromatic carbocycles. The molecular weight excluding hydrogens is 264 g/mol. The fraction of sp³-hybridized carbons (Fsp3) is 0.500. The quantitative estimate of drug-likeness (QED) is 0.553. The van der Waals surface area contributed by atoms with Gasteiger partial charge >= 0.3 is 6.18 Å². The predicted molar refractivity (Wildman–Crippen MR) is 64.4 cm³/mol. The number of nitrogens with one attached hydrogen (secondary N) is 2. The zero-order chi connectivity index (χ0) is 14.5. The van der Waals surface area contributed by atoms with E-state index >= 15 is 0 Å². The zero-order valence-electron chi connectivity index (χ0n) is 10.4. The number of hydrogen-bond donors (Lipinski definition) is 3. The molecule has 0 spiro atoms. The van der Waals surface area contributed by atoms with Crippen LogP contribution in [0.4, 0.5) is 23.2 Å². The number of alkyl halides is 3. The van der Waals surface area contributed by atoms with E-state index in [4.69, 9.17) is 5.11 Å². The van der Waals surface area contributed by atoms with Crippen LogP contribution >= 0.6 is 0 Å². The molecule has 0 radical (unpaired) electrons. The Hall–Kier alpha value is -1.34. The molecule has 108 valence electrons. The normalized spacial score (nSPS) is 13.4. The number of aliphatic hydroxyl groups is 1. The summed E-state index contributed by atoms with van der Waals surface area (Å²) in [6, 6.07) is 2.35. The molecule has 0 aliphatic rings. The summed E-state index contributed by atoms with van der Waals surface area (Å²) in [5.41, 5.74) is -0.991. The molecule has 1 rings (SSSR count). The smallest absolute Gasteiger partial charge is 0.392 e. The van der Waals surface area contributed by atoms with E-state index in [9.17, 15) is 17.6 Å². The van der Waals surface area contributed by atoms with Crippen LogP contribution in [0.15, 0.2) is 18.2 Å². The third-order valence-electron chi connectivity index (χ3n) is 2.35. The molecule has 0 fully saturated rings. The van der Waals surface area contributed by atoms with Gasteiger partial charge in [-0.05, 0) is 25.1 Å². The molecule has 1 atom stereocenters. The van der Waals surface area contributed by atoms with Gasteiger partial charge in [-0.25, -0.2) is 4.39 Å². The molecule has 0 bridgehead atoms. The molecule has 19 heavy (non-hydrogen) atoms. The number of hydrogen-bond acceptors (Lipinski definition) is 3. The van der Waals surface area contributed by atoms with Crippen molar-refractivity contribution < 1.29 is 22.7 Å². The fourth-order valence-electron chi connectivity index (χ4n) is 1.43. The SMILES string of the molecule is CC(O)CNCCNc1ccc(C(F)(F)F)cc1F. The lowest BCUT2D eigenvalue weighted by atomic mass is 10.2. The Morgan fingerprint density at radius 1 is 1.26 bits per heavy atom. The summed E-state index contributed by atoms with van der Waals surface area (Å²) in [5.74, 6) is -0.939. The largest absolute Gasteiger partial charge is 0.416 e. The summed E-state index contributed by atoms with van der Waals surface area (Å²) in [6.45, 7) is 2.83. The van der Waals surface area contributed by atoms with Crippen LogP contribution in [-0.2, 0) is 6.18 Å². The van der Waals surface area contributed by atoms with E-state index in [-0.39, 0.29) is 5.69 Å². The van der Waals surface area contributed by atoms with Crippen LogP contribution < -0.4 is 10.6 Å². The highest BCUT2D eigenvalue weighted by Crippen LogP contribution is 2.31. The first-order valence-corrected chi connectivity index (χ1v) is 5.80. The van der Waals surface area contributed by atoms with E-state index in [1.807, 2.05) is 0 Å². The Bertz CT molecular complexity index is 407. The van der Waals surface area contributed by atoms with Gasteiger partial charge in [0.15, 0.2) is 0 Å². The highest BCUT2D eigenvalue weighted by atomic mass is 19.4. The maximum Gasteiger partial charge on any atom is 0.416 e. The van der Waals surface area contributed by atoms with E-state index in [1.165, 1.54) is 0 Å². The Kier molecular flexibility index (Phi) is 5.56. The van der Waals surface area contributed by atoms with Gasteiger partial charge in [0.25, 0.3) is 0 Å². The summed E-state index contributed by atoms with van der Waals surface area (Å²) in [7, 11) is 0. The number of aliphatic hydroxyl groups excluding tert-OH is 1. The minimum Gasteiger partial charge on any atom is -0.392 e. The lowest BCUT2D eigenvalue weighted by Crippen LogP contribution is -2.29. The molecule has 0 saturated heterocycles. The molecule has 7 heteroatoms. The predicted octanol–water partition coefficient (Wildman–Crippen LogP) is 2.23. The van der Waals surface area contributed by atoms with Crippen LogP contribution in [0.25, 0.3) is 0 Å². The maximum atomic E-state index is 13.4. The van der Waals surface area contributed by atoms with Gasteiger partial charge in [0.2, 0.25) is 0 Å². The van der Waals surface area contributed by atoms with Gasteiger partial charge in [-0.1, -0.05) is 0 Å². The van der Waals surface area contributed by atoms with Crippen molar-refractivity contribution in [1.82, 2.24) is 5.32 Å². The van der Waals surface area contributed by atoms with Crippen molar-refractivity contribution in [3.63, 3.8) is 0 Å². The molecule has 0 aliphatic heterocycles. The standard InChI is InChI=1S/C12H16F4N2O/c1-8(19)7-17-4-5-18-11-3-2-9(6-10(11)13)12(14,15)16/h2-3,6,8,17-19H,4-5,7H2,1H3. The second-order valence-electron chi connectivity index (χ2n) is 4.17. The second-order valence-corrected chi connectivity index (χ2v) is 4.17. The number of halogens is 4. The molecule has 0 saturated carbocycles. The van der Waals surface area contributed by atoms with Crippen molar-refractivity contribution in [1.29, 1.82) is 0 Å². The second kappa shape index (κ2) is 6.72. The molecule has 3 N–H and O–H groups in total. The number of anilines is 1. The van der Waals surface area contributed by atoms with Crippen molar-refractivity contribution in [2.75, 3.05) is 25.0 Å². The third kappa shape index (κ3) is 5.44. The Morgan fingerprint density at radius 3 is 2.47 bits per heavy atom. The summed E-state index contributed by atoms with van der Waals surface area (Å²) in [4.78, 5) is 0. The highest BCUT2D eigenvalue weighted by molar-refractivity contribution is 5.46. The topological polar surface area (TPSA) is 44.3 Å². The third-order valence-corrected chi connectivity index (χ3v) is 2.35. The van der Waals surface area contributed by atoms with Crippen LogP contribution in [0.3, 0.4) is 0 Å². The first-order chi connectivity index (χ1) is 8.80. The molecule has 1 unspecified atom stereocenters. The number of benzene rings is 1. The van der Waals surface area contributed by atoms with Crippen LogP contribution in [0.2, 0.25) is 0 Å². The zero-order valence-corrected chi connectivity index (χ0v) is 10.4. The van der Waals surface area contributed by atoms with Gasteiger partial charge in [0.05, 0.1) is 17.4 Å². The van der Waals surface area contributed by atoms with E-state index in [2.05, 4.69) is 10.6 Å². The van der Waals surface area contributed by atoms with E-state index in [0.717, 1.165) is 12.1 Å². The molecule has 3 nitrogen and oxygen atoms in total. The lowest BCUT2D eigenvalue weighted by Gasteiger charge is -2.11.